The molecule has 2 N–H and O–H groups in total. The van der Waals surface area contributed by atoms with E-state index in [1.165, 1.54) is 30.6 Å². The minimum atomic E-state index is -0.301. The fourth-order valence-corrected chi connectivity index (χ4v) is 6.24. The van der Waals surface area contributed by atoms with Gasteiger partial charge in [0, 0.05) is 39.0 Å². The fraction of sp³-hybridized carbons (Fsp3) is 0.276. The third kappa shape index (κ3) is 7.87. The topological polar surface area (TPSA) is 52.6 Å². The third-order valence-electron chi connectivity index (χ3n) is 5.95. The Balaban J connectivity index is 1.38. The number of carbonyl (C=O) groups is 1. The van der Waals surface area contributed by atoms with E-state index in [2.05, 4.69) is 89.8 Å². The number of hydrogen-bond acceptors (Lipinski definition) is 5. The Hall–Kier alpha value is -2.77. The molecule has 35 heavy (non-hydrogen) atoms. The highest BCUT2D eigenvalue weighted by molar-refractivity contribution is 7.15. The van der Waals surface area contributed by atoms with Crippen molar-refractivity contribution < 1.29 is 10.0 Å². The van der Waals surface area contributed by atoms with Gasteiger partial charge in [-0.05, 0) is 54.8 Å². The van der Waals surface area contributed by atoms with Crippen LogP contribution in [0.2, 0.25) is 0 Å². The van der Waals surface area contributed by atoms with E-state index >= 15 is 0 Å². The molecule has 0 aliphatic carbocycles. The van der Waals surface area contributed by atoms with Crippen LogP contribution in [0.15, 0.2) is 84.9 Å². The van der Waals surface area contributed by atoms with Crippen LogP contribution in [0.3, 0.4) is 0 Å². The number of rotatable bonds is 13. The van der Waals surface area contributed by atoms with Gasteiger partial charge in [-0.15, -0.1) is 22.7 Å². The molecule has 0 saturated carbocycles. The lowest BCUT2D eigenvalue weighted by molar-refractivity contribution is -0.129. The lowest BCUT2D eigenvalue weighted by atomic mass is 10.1. The van der Waals surface area contributed by atoms with Crippen molar-refractivity contribution in [2.24, 2.45) is 0 Å². The van der Waals surface area contributed by atoms with E-state index in [1.54, 1.807) is 5.48 Å². The standard InChI is InChI=1S/C29H32N2O2S2/c32-29(30-33)15-9-1-2-10-20-31(21-25-16-18-27(34-25)23-11-5-3-6-12-23)22-26-17-19-28(35-26)24-13-7-4-8-14-24/h3-8,11-14,16-19,33H,1-2,9-10,15,20-22H2,(H,30,32). The predicted molar refractivity (Wildman–Crippen MR) is 147 cm³/mol. The normalized spacial score (nSPS) is 11.1. The first kappa shape index (κ1) is 25.3. The quantitative estimate of drug-likeness (QED) is 0.112. The van der Waals surface area contributed by atoms with Crippen LogP contribution in [0.25, 0.3) is 20.9 Å². The largest absolute Gasteiger partial charge is 0.293 e. The highest BCUT2D eigenvalue weighted by atomic mass is 32.1. The Morgan fingerprint density at radius 3 is 1.71 bits per heavy atom. The summed E-state index contributed by atoms with van der Waals surface area (Å²) in [4.78, 5) is 19.1. The van der Waals surface area contributed by atoms with Gasteiger partial charge >= 0.3 is 0 Å². The molecule has 182 valence electrons. The third-order valence-corrected chi connectivity index (χ3v) is 8.19. The van der Waals surface area contributed by atoms with Crippen LogP contribution in [-0.2, 0) is 17.9 Å². The molecular weight excluding hydrogens is 472 g/mol. The molecule has 4 aromatic rings. The molecule has 1 amide bonds. The van der Waals surface area contributed by atoms with E-state index in [0.29, 0.717) is 6.42 Å². The van der Waals surface area contributed by atoms with Gasteiger partial charge in [-0.3, -0.25) is 14.9 Å². The second kappa shape index (κ2) is 13.4. The summed E-state index contributed by atoms with van der Waals surface area (Å²) < 4.78 is 0. The van der Waals surface area contributed by atoms with Crippen LogP contribution < -0.4 is 5.48 Å². The van der Waals surface area contributed by atoms with Crippen molar-refractivity contribution in [3.8, 4) is 20.9 Å². The monoisotopic (exact) mass is 504 g/mol. The maximum absolute atomic E-state index is 11.2. The summed E-state index contributed by atoms with van der Waals surface area (Å²) in [5.41, 5.74) is 4.25. The van der Waals surface area contributed by atoms with Crippen LogP contribution in [0, 0.1) is 0 Å². The lowest BCUT2D eigenvalue weighted by Gasteiger charge is -2.21. The first-order chi connectivity index (χ1) is 17.2. The van der Waals surface area contributed by atoms with Gasteiger partial charge in [0.15, 0.2) is 0 Å². The van der Waals surface area contributed by atoms with E-state index in [4.69, 9.17) is 5.21 Å². The van der Waals surface area contributed by atoms with Crippen molar-refractivity contribution in [2.45, 2.75) is 45.2 Å². The molecule has 2 aromatic heterocycles. The van der Waals surface area contributed by atoms with Crippen LogP contribution in [0.1, 0.15) is 41.9 Å². The molecule has 0 unspecified atom stereocenters. The summed E-state index contributed by atoms with van der Waals surface area (Å²) in [6.07, 6.45) is 4.36. The van der Waals surface area contributed by atoms with Crippen LogP contribution in [-0.4, -0.2) is 22.6 Å². The predicted octanol–water partition coefficient (Wildman–Crippen LogP) is 7.60. The van der Waals surface area contributed by atoms with Crippen LogP contribution in [0.5, 0.6) is 0 Å². The van der Waals surface area contributed by atoms with E-state index in [1.807, 2.05) is 22.7 Å². The number of unbranched alkanes of at least 4 members (excludes halogenated alkanes) is 3. The second-order valence-electron chi connectivity index (χ2n) is 8.67. The molecule has 0 spiro atoms. The summed E-state index contributed by atoms with van der Waals surface area (Å²) in [5, 5.41) is 8.64. The van der Waals surface area contributed by atoms with Crippen LogP contribution >= 0.6 is 22.7 Å². The number of hydroxylamine groups is 1. The zero-order chi connectivity index (χ0) is 24.3. The van der Waals surface area contributed by atoms with Gasteiger partial charge in [0.2, 0.25) is 5.91 Å². The lowest BCUT2D eigenvalue weighted by Crippen LogP contribution is -2.23. The summed E-state index contributed by atoms with van der Waals surface area (Å²) in [5.74, 6) is -0.301. The number of benzene rings is 2. The van der Waals surface area contributed by atoms with Crippen LogP contribution in [0.4, 0.5) is 0 Å². The van der Waals surface area contributed by atoms with Gasteiger partial charge in [-0.25, -0.2) is 5.48 Å². The first-order valence-corrected chi connectivity index (χ1v) is 13.8. The van der Waals surface area contributed by atoms with Gasteiger partial charge in [-0.1, -0.05) is 73.5 Å². The zero-order valence-electron chi connectivity index (χ0n) is 19.9. The van der Waals surface area contributed by atoms with Crippen molar-refractivity contribution in [3.05, 3.63) is 94.7 Å². The Morgan fingerprint density at radius 2 is 1.20 bits per heavy atom. The zero-order valence-corrected chi connectivity index (χ0v) is 21.5. The molecule has 0 atom stereocenters. The molecule has 4 rings (SSSR count). The Morgan fingerprint density at radius 1 is 0.686 bits per heavy atom. The van der Waals surface area contributed by atoms with Gasteiger partial charge in [0.25, 0.3) is 0 Å². The van der Waals surface area contributed by atoms with E-state index < -0.39 is 0 Å². The number of nitrogens with zero attached hydrogens (tertiary/aromatic N) is 1. The van der Waals surface area contributed by atoms with Crippen molar-refractivity contribution in [2.75, 3.05) is 6.54 Å². The molecule has 0 aliphatic heterocycles. The van der Waals surface area contributed by atoms with Crippen molar-refractivity contribution in [1.82, 2.24) is 10.4 Å². The number of nitrogens with one attached hydrogen (secondary N) is 1. The minimum absolute atomic E-state index is 0.301. The summed E-state index contributed by atoms with van der Waals surface area (Å²) in [7, 11) is 0. The summed E-state index contributed by atoms with van der Waals surface area (Å²) in [6, 6.07) is 30.1. The molecule has 0 aliphatic rings. The molecule has 2 aromatic carbocycles. The Bertz CT molecular complexity index is 1090. The maximum Gasteiger partial charge on any atom is 0.243 e. The molecule has 4 nitrogen and oxygen atoms in total. The smallest absolute Gasteiger partial charge is 0.243 e. The fourth-order valence-electron chi connectivity index (χ4n) is 4.13. The average Bonchev–Trinajstić information content (AvgIpc) is 3.57. The molecule has 2 heterocycles. The Kier molecular flexibility index (Phi) is 9.66. The summed E-state index contributed by atoms with van der Waals surface area (Å²) in [6.45, 7) is 2.88. The highest BCUT2D eigenvalue weighted by Gasteiger charge is 2.12. The molecule has 0 bridgehead atoms. The van der Waals surface area contributed by atoms with Crippen molar-refractivity contribution >= 4 is 28.6 Å². The number of thiophene rings is 2. The number of carbonyl (C=O) groups excluding carboxylic acids is 1. The molecule has 0 radical (unpaired) electrons. The van der Waals surface area contributed by atoms with E-state index in [9.17, 15) is 4.79 Å². The Labute approximate surface area is 215 Å². The molecular formula is C29H32N2O2S2. The summed E-state index contributed by atoms with van der Waals surface area (Å²) >= 11 is 3.75. The van der Waals surface area contributed by atoms with Crippen molar-refractivity contribution in [3.63, 3.8) is 0 Å². The van der Waals surface area contributed by atoms with E-state index in [0.717, 1.165) is 45.3 Å². The SMILES string of the molecule is O=C(CCCCCCN(Cc1ccc(-c2ccccc2)s1)Cc1ccc(-c2ccccc2)s1)NO. The van der Waals surface area contributed by atoms with Crippen molar-refractivity contribution in [1.29, 1.82) is 0 Å². The van der Waals surface area contributed by atoms with Gasteiger partial charge < -0.3 is 0 Å². The first-order valence-electron chi connectivity index (χ1n) is 12.1. The number of amides is 1. The highest BCUT2D eigenvalue weighted by Crippen LogP contribution is 2.31. The molecule has 0 fully saturated rings. The molecule has 6 heteroatoms. The molecule has 0 saturated heterocycles. The second-order valence-corrected chi connectivity index (χ2v) is 11.0. The van der Waals surface area contributed by atoms with Gasteiger partial charge in [0.1, 0.15) is 0 Å². The van der Waals surface area contributed by atoms with E-state index in [-0.39, 0.29) is 5.91 Å². The number of hydrogen-bond donors (Lipinski definition) is 2. The van der Waals surface area contributed by atoms with Gasteiger partial charge in [0.05, 0.1) is 0 Å². The maximum atomic E-state index is 11.2. The minimum Gasteiger partial charge on any atom is -0.293 e. The van der Waals surface area contributed by atoms with Gasteiger partial charge in [-0.2, -0.15) is 0 Å². The average molecular weight is 505 g/mol.